The Morgan fingerprint density at radius 3 is 2.20 bits per heavy atom. The van der Waals surface area contributed by atoms with Gasteiger partial charge in [0.1, 0.15) is 0 Å². The summed E-state index contributed by atoms with van der Waals surface area (Å²) in [6.45, 7) is 2.22. The van der Waals surface area contributed by atoms with Gasteiger partial charge in [0, 0.05) is 24.7 Å². The van der Waals surface area contributed by atoms with E-state index in [1.807, 2.05) is 6.92 Å². The van der Waals surface area contributed by atoms with Crippen LogP contribution in [0.3, 0.4) is 0 Å². The van der Waals surface area contributed by atoms with Crippen molar-refractivity contribution >= 4 is 23.2 Å². The molecule has 0 radical (unpaired) electrons. The van der Waals surface area contributed by atoms with Gasteiger partial charge in [-0.05, 0) is 37.2 Å². The number of rotatable bonds is 9. The quantitative estimate of drug-likeness (QED) is 0.467. The molecule has 162 valence electrons. The number of hydrogen-bond donors (Lipinski definition) is 2. The Balaban J connectivity index is 1.90. The molecule has 0 aliphatic rings. The average molecular weight is 429 g/mol. The molecule has 2 rings (SSSR count). The summed E-state index contributed by atoms with van der Waals surface area (Å²) < 4.78 is 66.0. The second kappa shape index (κ2) is 10.7. The first-order valence-electron chi connectivity index (χ1n) is 9.11. The van der Waals surface area contributed by atoms with Gasteiger partial charge >= 0.3 is 0 Å². The van der Waals surface area contributed by atoms with Crippen LogP contribution in [0.25, 0.3) is 0 Å². The van der Waals surface area contributed by atoms with Crippen molar-refractivity contribution in [2.45, 2.75) is 19.8 Å². The number of benzene rings is 2. The first kappa shape index (κ1) is 23.3. The molecular weight excluding hydrogens is 409 g/mol. The Bertz CT molecular complexity index is 924. The fourth-order valence-corrected chi connectivity index (χ4v) is 2.66. The van der Waals surface area contributed by atoms with Crippen molar-refractivity contribution in [3.8, 4) is 0 Å². The predicted molar refractivity (Wildman–Crippen MR) is 101 cm³/mol. The largest absolute Gasteiger partial charge is 0.326 e. The maximum atomic E-state index is 13.7. The van der Waals surface area contributed by atoms with Gasteiger partial charge in [-0.25, -0.2) is 22.0 Å². The molecule has 0 aliphatic heterocycles. The van der Waals surface area contributed by atoms with E-state index in [2.05, 4.69) is 10.6 Å². The van der Waals surface area contributed by atoms with Gasteiger partial charge in [0.15, 0.2) is 29.1 Å². The molecule has 2 aromatic carbocycles. The van der Waals surface area contributed by atoms with E-state index in [1.165, 1.54) is 6.07 Å². The van der Waals surface area contributed by atoms with E-state index in [0.29, 0.717) is 19.0 Å². The predicted octanol–water partition coefficient (Wildman–Crippen LogP) is 4.06. The molecule has 0 unspecified atom stereocenters. The van der Waals surface area contributed by atoms with Crippen LogP contribution < -0.4 is 10.6 Å². The molecule has 0 saturated heterocycles. The molecule has 0 bridgehead atoms. The van der Waals surface area contributed by atoms with E-state index in [0.717, 1.165) is 18.2 Å². The highest BCUT2D eigenvalue weighted by Crippen LogP contribution is 2.19. The summed E-state index contributed by atoms with van der Waals surface area (Å²) in [5, 5.41) is 4.59. The normalized spacial score (nSPS) is 10.9. The third-order valence-electron chi connectivity index (χ3n) is 4.07. The molecule has 2 aromatic rings. The molecule has 0 spiro atoms. The fraction of sp³-hybridized carbons (Fsp3) is 0.300. The third-order valence-corrected chi connectivity index (χ3v) is 4.07. The zero-order valence-corrected chi connectivity index (χ0v) is 16.1. The van der Waals surface area contributed by atoms with Crippen LogP contribution in [0.1, 0.15) is 19.8 Å². The summed E-state index contributed by atoms with van der Waals surface area (Å²) in [4.78, 5) is 25.8. The molecule has 0 atom stereocenters. The van der Waals surface area contributed by atoms with Gasteiger partial charge in [-0.1, -0.05) is 6.92 Å². The summed E-state index contributed by atoms with van der Waals surface area (Å²) in [5.41, 5.74) is -0.404. The lowest BCUT2D eigenvalue weighted by Crippen LogP contribution is -2.36. The van der Waals surface area contributed by atoms with Crippen LogP contribution in [0.5, 0.6) is 0 Å². The van der Waals surface area contributed by atoms with Crippen molar-refractivity contribution in [2.24, 2.45) is 0 Å². The molecule has 0 fully saturated rings. The van der Waals surface area contributed by atoms with E-state index < -0.39 is 46.6 Å². The maximum Gasteiger partial charge on any atom is 0.238 e. The second-order valence-electron chi connectivity index (χ2n) is 6.47. The summed E-state index contributed by atoms with van der Waals surface area (Å²) in [6.07, 6.45) is 0.601. The number of nitrogens with one attached hydrogen (secondary N) is 2. The summed E-state index contributed by atoms with van der Waals surface area (Å²) >= 11 is 0. The van der Waals surface area contributed by atoms with Gasteiger partial charge in [-0.3, -0.25) is 14.5 Å². The minimum atomic E-state index is -1.69. The highest BCUT2D eigenvalue weighted by Gasteiger charge is 2.17. The van der Waals surface area contributed by atoms with Crippen LogP contribution in [0.15, 0.2) is 30.3 Å². The summed E-state index contributed by atoms with van der Waals surface area (Å²) in [7, 11) is 0. The third kappa shape index (κ3) is 6.51. The van der Waals surface area contributed by atoms with Gasteiger partial charge in [0.25, 0.3) is 0 Å². The Morgan fingerprint density at radius 2 is 1.53 bits per heavy atom. The molecule has 10 heteroatoms. The van der Waals surface area contributed by atoms with Crippen LogP contribution in [0, 0.1) is 29.1 Å². The van der Waals surface area contributed by atoms with Crippen molar-refractivity contribution in [2.75, 3.05) is 30.3 Å². The molecule has 30 heavy (non-hydrogen) atoms. The molecule has 0 heterocycles. The molecule has 2 amide bonds. The van der Waals surface area contributed by atoms with Gasteiger partial charge in [0.2, 0.25) is 11.8 Å². The molecular formula is C20H20F5N3O2. The van der Waals surface area contributed by atoms with Crippen molar-refractivity contribution in [1.29, 1.82) is 0 Å². The molecule has 2 N–H and O–H groups in total. The van der Waals surface area contributed by atoms with Crippen LogP contribution in [0.2, 0.25) is 0 Å². The SMILES string of the molecule is CCCN(CCC(=O)Nc1ccc(F)c(F)c1)CC(=O)Nc1ccc(F)c(F)c1F. The van der Waals surface area contributed by atoms with E-state index >= 15 is 0 Å². The smallest absolute Gasteiger partial charge is 0.238 e. The maximum absolute atomic E-state index is 13.7. The Labute approximate surface area is 169 Å². The number of carbonyl (C=O) groups excluding carboxylic acids is 2. The molecule has 5 nitrogen and oxygen atoms in total. The summed E-state index contributed by atoms with van der Waals surface area (Å²) in [5.74, 6) is -7.84. The number of nitrogens with zero attached hydrogens (tertiary/aromatic N) is 1. The zero-order chi connectivity index (χ0) is 22.3. The monoisotopic (exact) mass is 429 g/mol. The van der Waals surface area contributed by atoms with Crippen LogP contribution in [-0.4, -0.2) is 36.3 Å². The van der Waals surface area contributed by atoms with E-state index in [1.54, 1.807) is 4.90 Å². The van der Waals surface area contributed by atoms with Crippen LogP contribution in [0.4, 0.5) is 33.3 Å². The lowest BCUT2D eigenvalue weighted by molar-refractivity contribution is -0.119. The number of carbonyl (C=O) groups is 2. The number of halogens is 5. The number of hydrogen-bond acceptors (Lipinski definition) is 3. The zero-order valence-electron chi connectivity index (χ0n) is 16.1. The highest BCUT2D eigenvalue weighted by molar-refractivity contribution is 5.93. The fourth-order valence-electron chi connectivity index (χ4n) is 2.66. The summed E-state index contributed by atoms with van der Waals surface area (Å²) in [6, 6.07) is 4.55. The Morgan fingerprint density at radius 1 is 0.833 bits per heavy atom. The minimum absolute atomic E-state index is 0.0498. The molecule has 0 saturated carbocycles. The number of anilines is 2. The van der Waals surface area contributed by atoms with Crippen LogP contribution >= 0.6 is 0 Å². The highest BCUT2D eigenvalue weighted by atomic mass is 19.2. The van der Waals surface area contributed by atoms with Crippen molar-refractivity contribution in [3.05, 3.63) is 59.4 Å². The lowest BCUT2D eigenvalue weighted by Gasteiger charge is -2.21. The topological polar surface area (TPSA) is 61.4 Å². The van der Waals surface area contributed by atoms with Crippen molar-refractivity contribution < 1.29 is 31.5 Å². The van der Waals surface area contributed by atoms with E-state index in [-0.39, 0.29) is 25.2 Å². The van der Waals surface area contributed by atoms with Crippen molar-refractivity contribution in [1.82, 2.24) is 4.90 Å². The standard InChI is InChI=1S/C20H20F5N3O2/c1-2-8-28(9-7-17(29)26-12-3-4-13(21)15(23)10-12)11-18(30)27-16-6-5-14(22)19(24)20(16)25/h3-6,10H,2,7-9,11H2,1H3,(H,26,29)(H,27,30). The second-order valence-corrected chi connectivity index (χ2v) is 6.47. The Hall–Kier alpha value is -3.01. The molecule has 0 aromatic heterocycles. The molecule has 0 aliphatic carbocycles. The van der Waals surface area contributed by atoms with E-state index in [9.17, 15) is 31.5 Å². The first-order valence-corrected chi connectivity index (χ1v) is 9.11. The van der Waals surface area contributed by atoms with Gasteiger partial charge in [0.05, 0.1) is 12.2 Å². The minimum Gasteiger partial charge on any atom is -0.326 e. The van der Waals surface area contributed by atoms with Gasteiger partial charge in [-0.2, -0.15) is 0 Å². The van der Waals surface area contributed by atoms with Crippen molar-refractivity contribution in [3.63, 3.8) is 0 Å². The van der Waals surface area contributed by atoms with Crippen LogP contribution in [-0.2, 0) is 9.59 Å². The lowest BCUT2D eigenvalue weighted by atomic mass is 10.2. The van der Waals surface area contributed by atoms with Gasteiger partial charge in [-0.15, -0.1) is 0 Å². The number of amides is 2. The van der Waals surface area contributed by atoms with Gasteiger partial charge < -0.3 is 10.6 Å². The average Bonchev–Trinajstić information content (AvgIpc) is 2.69. The first-order chi connectivity index (χ1) is 14.2. The van der Waals surface area contributed by atoms with E-state index in [4.69, 9.17) is 0 Å². The Kier molecular flexibility index (Phi) is 8.28.